The quantitative estimate of drug-likeness (QED) is 0.830. The van der Waals surface area contributed by atoms with E-state index in [0.717, 1.165) is 39.3 Å². The minimum atomic E-state index is 0.705. The first-order valence-corrected chi connectivity index (χ1v) is 8.24. The summed E-state index contributed by atoms with van der Waals surface area (Å²) in [4.78, 5) is 10.9. The van der Waals surface area contributed by atoms with Gasteiger partial charge in [-0.25, -0.2) is 4.98 Å². The second-order valence-corrected chi connectivity index (χ2v) is 6.09. The highest BCUT2D eigenvalue weighted by Gasteiger charge is 2.27. The van der Waals surface area contributed by atoms with Gasteiger partial charge in [-0.3, -0.25) is 4.90 Å². The molecule has 0 spiro atoms. The molecule has 2 rings (SSSR count). The standard InChI is InChI=1S/C14H26N4S/c1-4-15-9-13-10-16-14(19-13)18-8-7-12(11-18)17(5-2)6-3/h10,12,15H,4-9,11H2,1-3H3. The fraction of sp³-hybridized carbons (Fsp3) is 0.786. The van der Waals surface area contributed by atoms with Gasteiger partial charge in [-0.15, -0.1) is 11.3 Å². The molecule has 1 aliphatic rings. The summed E-state index contributed by atoms with van der Waals surface area (Å²) in [6.07, 6.45) is 3.29. The summed E-state index contributed by atoms with van der Waals surface area (Å²) in [5.74, 6) is 0. The maximum absolute atomic E-state index is 4.58. The van der Waals surface area contributed by atoms with Crippen LogP contribution in [-0.2, 0) is 6.54 Å². The van der Waals surface area contributed by atoms with Gasteiger partial charge in [-0.2, -0.15) is 0 Å². The largest absolute Gasteiger partial charge is 0.346 e. The van der Waals surface area contributed by atoms with Crippen LogP contribution in [0.5, 0.6) is 0 Å². The minimum absolute atomic E-state index is 0.705. The zero-order valence-corrected chi connectivity index (χ0v) is 13.2. The molecule has 0 aromatic carbocycles. The summed E-state index contributed by atoms with van der Waals surface area (Å²) in [5, 5.41) is 4.55. The number of anilines is 1. The van der Waals surface area contributed by atoms with Crippen LogP contribution >= 0.6 is 11.3 Å². The molecule has 1 unspecified atom stereocenters. The Hall–Kier alpha value is -0.650. The number of hydrogen-bond donors (Lipinski definition) is 1. The maximum Gasteiger partial charge on any atom is 0.185 e. The molecule has 1 N–H and O–H groups in total. The summed E-state index contributed by atoms with van der Waals surface area (Å²) >= 11 is 1.83. The highest BCUT2D eigenvalue weighted by Crippen LogP contribution is 2.27. The Kier molecular flexibility index (Phi) is 5.60. The van der Waals surface area contributed by atoms with Crippen LogP contribution in [0.2, 0.25) is 0 Å². The van der Waals surface area contributed by atoms with E-state index in [4.69, 9.17) is 0 Å². The van der Waals surface area contributed by atoms with Crippen molar-refractivity contribution in [3.63, 3.8) is 0 Å². The van der Waals surface area contributed by atoms with E-state index in [1.165, 1.54) is 16.4 Å². The number of nitrogens with one attached hydrogen (secondary N) is 1. The van der Waals surface area contributed by atoms with Crippen LogP contribution < -0.4 is 10.2 Å². The Morgan fingerprint density at radius 3 is 2.89 bits per heavy atom. The average molecular weight is 282 g/mol. The van der Waals surface area contributed by atoms with E-state index >= 15 is 0 Å². The predicted octanol–water partition coefficient (Wildman–Crippen LogP) is 2.17. The van der Waals surface area contributed by atoms with Gasteiger partial charge in [0.1, 0.15) is 0 Å². The Morgan fingerprint density at radius 2 is 2.21 bits per heavy atom. The summed E-state index contributed by atoms with van der Waals surface area (Å²) in [5.41, 5.74) is 0. The molecule has 1 atom stereocenters. The first-order chi connectivity index (χ1) is 9.28. The number of nitrogens with zero attached hydrogens (tertiary/aromatic N) is 3. The number of likely N-dealkylation sites (N-methyl/N-ethyl adjacent to an activating group) is 1. The fourth-order valence-corrected chi connectivity index (χ4v) is 3.64. The van der Waals surface area contributed by atoms with E-state index in [1.807, 2.05) is 17.5 Å². The van der Waals surface area contributed by atoms with Crippen molar-refractivity contribution in [3.8, 4) is 0 Å². The van der Waals surface area contributed by atoms with Crippen molar-refractivity contribution >= 4 is 16.5 Å². The molecule has 0 saturated carbocycles. The van der Waals surface area contributed by atoms with Gasteiger partial charge in [-0.05, 0) is 26.1 Å². The van der Waals surface area contributed by atoms with Gasteiger partial charge in [-0.1, -0.05) is 20.8 Å². The zero-order chi connectivity index (χ0) is 13.7. The lowest BCUT2D eigenvalue weighted by atomic mass is 10.2. The lowest BCUT2D eigenvalue weighted by Gasteiger charge is -2.25. The molecule has 5 heteroatoms. The first-order valence-electron chi connectivity index (χ1n) is 7.42. The zero-order valence-electron chi connectivity index (χ0n) is 12.4. The van der Waals surface area contributed by atoms with Gasteiger partial charge < -0.3 is 10.2 Å². The number of thiazole rings is 1. The van der Waals surface area contributed by atoms with Crippen molar-refractivity contribution in [2.24, 2.45) is 0 Å². The molecule has 1 saturated heterocycles. The smallest absolute Gasteiger partial charge is 0.185 e. The summed E-state index contributed by atoms with van der Waals surface area (Å²) < 4.78 is 0. The van der Waals surface area contributed by atoms with Crippen molar-refractivity contribution in [2.45, 2.75) is 39.8 Å². The van der Waals surface area contributed by atoms with Crippen LogP contribution in [0.1, 0.15) is 32.1 Å². The predicted molar refractivity (Wildman–Crippen MR) is 83.0 cm³/mol. The molecule has 1 aromatic rings. The van der Waals surface area contributed by atoms with Gasteiger partial charge in [0.25, 0.3) is 0 Å². The molecular formula is C14H26N4S. The minimum Gasteiger partial charge on any atom is -0.346 e. The van der Waals surface area contributed by atoms with E-state index in [2.05, 4.69) is 40.9 Å². The maximum atomic E-state index is 4.58. The topological polar surface area (TPSA) is 31.4 Å². The summed E-state index contributed by atoms with van der Waals surface area (Å²) in [7, 11) is 0. The third-order valence-electron chi connectivity index (χ3n) is 3.85. The number of hydrogen-bond acceptors (Lipinski definition) is 5. The SMILES string of the molecule is CCNCc1cnc(N2CCC(N(CC)CC)C2)s1. The summed E-state index contributed by atoms with van der Waals surface area (Å²) in [6.45, 7) is 13.2. The Morgan fingerprint density at radius 1 is 1.42 bits per heavy atom. The van der Waals surface area contributed by atoms with Crippen LogP contribution in [0.25, 0.3) is 0 Å². The Bertz CT molecular complexity index is 375. The number of aromatic nitrogens is 1. The second-order valence-electron chi connectivity index (χ2n) is 5.00. The molecule has 0 bridgehead atoms. The van der Waals surface area contributed by atoms with E-state index in [0.29, 0.717) is 6.04 Å². The van der Waals surface area contributed by atoms with Gasteiger partial charge in [0.15, 0.2) is 5.13 Å². The van der Waals surface area contributed by atoms with Crippen molar-refractivity contribution in [3.05, 3.63) is 11.1 Å². The Labute approximate surface area is 120 Å². The van der Waals surface area contributed by atoms with Crippen molar-refractivity contribution in [2.75, 3.05) is 37.6 Å². The first kappa shape index (κ1) is 14.8. The lowest BCUT2D eigenvalue weighted by molar-refractivity contribution is 0.232. The van der Waals surface area contributed by atoms with E-state index in [-0.39, 0.29) is 0 Å². The average Bonchev–Trinajstić information content (AvgIpc) is 3.06. The van der Waals surface area contributed by atoms with E-state index in [1.54, 1.807) is 0 Å². The summed E-state index contributed by atoms with van der Waals surface area (Å²) in [6, 6.07) is 0.705. The van der Waals surface area contributed by atoms with Gasteiger partial charge in [0.2, 0.25) is 0 Å². The van der Waals surface area contributed by atoms with Gasteiger partial charge in [0, 0.05) is 36.8 Å². The molecule has 1 fully saturated rings. The lowest BCUT2D eigenvalue weighted by Crippen LogP contribution is -2.37. The van der Waals surface area contributed by atoms with Crippen LogP contribution in [0.3, 0.4) is 0 Å². The third kappa shape index (κ3) is 3.68. The molecule has 108 valence electrons. The molecule has 0 amide bonds. The highest BCUT2D eigenvalue weighted by atomic mass is 32.1. The van der Waals surface area contributed by atoms with Gasteiger partial charge in [0.05, 0.1) is 0 Å². The normalized spacial score (nSPS) is 19.6. The second kappa shape index (κ2) is 7.22. The molecule has 4 nitrogen and oxygen atoms in total. The molecule has 1 aliphatic heterocycles. The van der Waals surface area contributed by atoms with Gasteiger partial charge >= 0.3 is 0 Å². The molecule has 2 heterocycles. The highest BCUT2D eigenvalue weighted by molar-refractivity contribution is 7.15. The molecular weight excluding hydrogens is 256 g/mol. The Balaban J connectivity index is 1.91. The molecule has 0 aliphatic carbocycles. The number of rotatable bonds is 7. The van der Waals surface area contributed by atoms with Crippen LogP contribution in [0, 0.1) is 0 Å². The van der Waals surface area contributed by atoms with Crippen molar-refractivity contribution in [1.82, 2.24) is 15.2 Å². The van der Waals surface area contributed by atoms with Crippen LogP contribution in [0.4, 0.5) is 5.13 Å². The monoisotopic (exact) mass is 282 g/mol. The molecule has 1 aromatic heterocycles. The van der Waals surface area contributed by atoms with E-state index in [9.17, 15) is 0 Å². The van der Waals surface area contributed by atoms with Crippen LogP contribution in [0.15, 0.2) is 6.20 Å². The van der Waals surface area contributed by atoms with Crippen LogP contribution in [-0.4, -0.2) is 48.6 Å². The molecule has 0 radical (unpaired) electrons. The fourth-order valence-electron chi connectivity index (χ4n) is 2.73. The molecule has 19 heavy (non-hydrogen) atoms. The van der Waals surface area contributed by atoms with Crippen molar-refractivity contribution in [1.29, 1.82) is 0 Å². The third-order valence-corrected chi connectivity index (χ3v) is 4.91. The van der Waals surface area contributed by atoms with Crippen molar-refractivity contribution < 1.29 is 0 Å². The van der Waals surface area contributed by atoms with E-state index < -0.39 is 0 Å².